The third-order valence-corrected chi connectivity index (χ3v) is 9.01. The lowest BCUT2D eigenvalue weighted by atomic mass is 10.2. The van der Waals surface area contributed by atoms with Crippen molar-refractivity contribution in [2.75, 3.05) is 6.61 Å². The van der Waals surface area contributed by atoms with Crippen molar-refractivity contribution >= 4 is 20.3 Å². The molecule has 1 aliphatic carbocycles. The smallest absolute Gasteiger partial charge is 0.322 e. The third kappa shape index (κ3) is 5.66. The molecule has 0 saturated heterocycles. The number of carbonyl (C=O) groups excluding carboxylic acids is 2. The first kappa shape index (κ1) is 19.7. The minimum absolute atomic E-state index is 0.00297. The number of hydrogen-bond donors (Lipinski definition) is 2. The van der Waals surface area contributed by atoms with Crippen LogP contribution in [0, 0.1) is 0 Å². The van der Waals surface area contributed by atoms with Crippen LogP contribution < -0.4 is 10.6 Å². The Bertz CT molecular complexity index is 485. The molecule has 3 amide bonds. The number of amides is 3. The number of imide groups is 1. The lowest BCUT2D eigenvalue weighted by Gasteiger charge is -2.37. The van der Waals surface area contributed by atoms with Crippen LogP contribution in [0.3, 0.4) is 0 Å². The monoisotopic (exact) mass is 342 g/mol. The van der Waals surface area contributed by atoms with Gasteiger partial charge < -0.3 is 14.5 Å². The van der Waals surface area contributed by atoms with Gasteiger partial charge in [0, 0.05) is 6.08 Å². The fourth-order valence-electron chi connectivity index (χ4n) is 1.81. The minimum Gasteiger partial charge on any atom is -0.501 e. The van der Waals surface area contributed by atoms with Crippen LogP contribution in [-0.2, 0) is 14.0 Å². The minimum atomic E-state index is -1.87. The van der Waals surface area contributed by atoms with Gasteiger partial charge in [-0.2, -0.15) is 0 Å². The molecule has 23 heavy (non-hydrogen) atoms. The van der Waals surface area contributed by atoms with Crippen molar-refractivity contribution in [2.45, 2.75) is 70.8 Å². The lowest BCUT2D eigenvalue weighted by Crippen LogP contribution is -2.48. The third-order valence-electron chi connectivity index (χ3n) is 4.52. The van der Waals surface area contributed by atoms with E-state index in [9.17, 15) is 9.59 Å². The maximum absolute atomic E-state index is 11.9. The van der Waals surface area contributed by atoms with Gasteiger partial charge in [-0.25, -0.2) is 4.79 Å². The van der Waals surface area contributed by atoms with Crippen molar-refractivity contribution in [3.63, 3.8) is 0 Å². The van der Waals surface area contributed by atoms with Crippen LogP contribution in [0.25, 0.3) is 0 Å². The van der Waals surface area contributed by atoms with Gasteiger partial charge in [0.2, 0.25) is 0 Å². The van der Waals surface area contributed by atoms with E-state index in [-0.39, 0.29) is 11.1 Å². The summed E-state index contributed by atoms with van der Waals surface area (Å²) >= 11 is 0. The number of nitrogens with one attached hydrogen (secondary N) is 2. The van der Waals surface area contributed by atoms with Crippen molar-refractivity contribution in [1.29, 1.82) is 0 Å². The van der Waals surface area contributed by atoms with Gasteiger partial charge in [-0.15, -0.1) is 0 Å². The van der Waals surface area contributed by atoms with E-state index in [1.807, 2.05) is 13.8 Å². The zero-order chi connectivity index (χ0) is 17.9. The van der Waals surface area contributed by atoms with Gasteiger partial charge in [0.05, 0.1) is 24.5 Å². The first-order chi connectivity index (χ1) is 10.4. The van der Waals surface area contributed by atoms with E-state index in [1.54, 1.807) is 0 Å². The van der Waals surface area contributed by atoms with Gasteiger partial charge in [0.1, 0.15) is 0 Å². The van der Waals surface area contributed by atoms with Crippen LogP contribution in [0.15, 0.2) is 12.3 Å². The topological polar surface area (TPSA) is 76.7 Å². The Hall–Kier alpha value is -1.34. The largest absolute Gasteiger partial charge is 0.501 e. The zero-order valence-corrected chi connectivity index (χ0v) is 16.3. The van der Waals surface area contributed by atoms with Gasteiger partial charge in [-0.05, 0) is 38.4 Å². The molecule has 0 aliphatic heterocycles. The van der Waals surface area contributed by atoms with Crippen LogP contribution in [0.4, 0.5) is 4.79 Å². The molecule has 1 saturated carbocycles. The molecule has 1 fully saturated rings. The summed E-state index contributed by atoms with van der Waals surface area (Å²) in [6, 6.07) is -0.514. The molecule has 1 aliphatic rings. The normalized spacial score (nSPS) is 24.4. The van der Waals surface area contributed by atoms with Crippen LogP contribution >= 0.6 is 0 Å². The fraction of sp³-hybridized carbons (Fsp3) is 0.750. The number of hydrogen-bond acceptors (Lipinski definition) is 4. The van der Waals surface area contributed by atoms with E-state index in [1.165, 1.54) is 12.3 Å². The van der Waals surface area contributed by atoms with Crippen LogP contribution in [0.5, 0.6) is 0 Å². The Balaban J connectivity index is 2.47. The molecule has 0 aromatic rings. The molecule has 0 aromatic heterocycles. The summed E-state index contributed by atoms with van der Waals surface area (Å²) in [6.45, 7) is 15.1. The van der Waals surface area contributed by atoms with E-state index in [2.05, 4.69) is 44.5 Å². The van der Waals surface area contributed by atoms with Gasteiger partial charge in [-0.3, -0.25) is 10.1 Å². The zero-order valence-electron chi connectivity index (χ0n) is 15.3. The predicted molar refractivity (Wildman–Crippen MR) is 92.5 cm³/mol. The van der Waals surface area contributed by atoms with E-state index < -0.39 is 25.8 Å². The summed E-state index contributed by atoms with van der Waals surface area (Å²) in [6.07, 6.45) is 3.21. The molecular weight excluding hydrogens is 312 g/mol. The molecule has 7 heteroatoms. The molecule has 132 valence electrons. The van der Waals surface area contributed by atoms with Crippen molar-refractivity contribution in [1.82, 2.24) is 10.6 Å². The molecule has 0 heterocycles. The van der Waals surface area contributed by atoms with Crippen LogP contribution in [0.1, 0.15) is 41.0 Å². The Labute approximate surface area is 140 Å². The van der Waals surface area contributed by atoms with E-state index in [0.29, 0.717) is 6.61 Å². The Morgan fingerprint density at radius 2 is 1.96 bits per heavy atom. The van der Waals surface area contributed by atoms with Gasteiger partial charge in [-0.1, -0.05) is 20.8 Å². The second-order valence-corrected chi connectivity index (χ2v) is 12.4. The first-order valence-electron chi connectivity index (χ1n) is 8.00. The lowest BCUT2D eigenvalue weighted by molar-refractivity contribution is -0.115. The van der Waals surface area contributed by atoms with Gasteiger partial charge in [0.25, 0.3) is 5.91 Å². The maximum atomic E-state index is 11.9. The Kier molecular flexibility index (Phi) is 6.04. The SMILES string of the molecule is CCO/C=C/C(=O)NC(=O)NC1(C)CC1O[Si](C)(C)C(C)(C)C. The predicted octanol–water partition coefficient (Wildman–Crippen LogP) is 2.92. The molecule has 0 aromatic carbocycles. The number of carbonyl (C=O) groups is 2. The highest BCUT2D eigenvalue weighted by atomic mass is 28.4. The van der Waals surface area contributed by atoms with Gasteiger partial charge in [0.15, 0.2) is 8.32 Å². The summed E-state index contributed by atoms with van der Waals surface area (Å²) < 4.78 is 11.2. The van der Waals surface area contributed by atoms with Crippen molar-refractivity contribution in [3.8, 4) is 0 Å². The first-order valence-corrected chi connectivity index (χ1v) is 10.9. The highest BCUT2D eigenvalue weighted by Crippen LogP contribution is 2.45. The van der Waals surface area contributed by atoms with Crippen LogP contribution in [-0.4, -0.2) is 38.5 Å². The molecule has 2 atom stereocenters. The average molecular weight is 343 g/mol. The van der Waals surface area contributed by atoms with Crippen molar-refractivity contribution in [2.24, 2.45) is 0 Å². The standard InChI is InChI=1S/C16H30N2O4Si/c1-8-21-10-9-13(19)17-14(20)18-16(5)11-12(16)22-23(6,7)15(2,3)4/h9-10,12H,8,11H2,1-7H3,(H2,17,18,19,20)/b10-9+. The van der Waals surface area contributed by atoms with E-state index in [0.717, 1.165) is 6.42 Å². The highest BCUT2D eigenvalue weighted by Gasteiger charge is 2.56. The molecule has 2 unspecified atom stereocenters. The summed E-state index contributed by atoms with van der Waals surface area (Å²) in [4.78, 5) is 23.4. The highest BCUT2D eigenvalue weighted by molar-refractivity contribution is 6.74. The Morgan fingerprint density at radius 1 is 1.35 bits per heavy atom. The molecule has 0 radical (unpaired) electrons. The second kappa shape index (κ2) is 7.05. The Morgan fingerprint density at radius 3 is 2.48 bits per heavy atom. The number of urea groups is 1. The molecule has 6 nitrogen and oxygen atoms in total. The van der Waals surface area contributed by atoms with Crippen molar-refractivity contribution < 1.29 is 18.8 Å². The molecule has 2 N–H and O–H groups in total. The number of rotatable bonds is 6. The number of ether oxygens (including phenoxy) is 1. The second-order valence-electron chi connectivity index (χ2n) is 7.69. The summed E-state index contributed by atoms with van der Waals surface area (Å²) in [5.74, 6) is -0.512. The summed E-state index contributed by atoms with van der Waals surface area (Å²) in [5, 5.41) is 5.20. The fourth-order valence-corrected chi connectivity index (χ4v) is 3.22. The quantitative estimate of drug-likeness (QED) is 0.442. The van der Waals surface area contributed by atoms with E-state index in [4.69, 9.17) is 9.16 Å². The maximum Gasteiger partial charge on any atom is 0.322 e. The summed E-state index contributed by atoms with van der Waals surface area (Å²) in [5.41, 5.74) is -0.413. The van der Waals surface area contributed by atoms with Crippen LogP contribution in [0.2, 0.25) is 18.1 Å². The summed E-state index contributed by atoms with van der Waals surface area (Å²) in [7, 11) is -1.87. The molecule has 1 rings (SSSR count). The molecular formula is C16H30N2O4Si. The average Bonchev–Trinajstić information content (AvgIpc) is 2.96. The van der Waals surface area contributed by atoms with Gasteiger partial charge >= 0.3 is 6.03 Å². The molecule has 0 spiro atoms. The van der Waals surface area contributed by atoms with Crippen molar-refractivity contribution in [3.05, 3.63) is 12.3 Å². The molecule has 0 bridgehead atoms. The van der Waals surface area contributed by atoms with E-state index >= 15 is 0 Å².